The van der Waals surface area contributed by atoms with E-state index in [9.17, 15) is 14.4 Å². The van der Waals surface area contributed by atoms with Crippen LogP contribution in [0, 0.1) is 0 Å². The summed E-state index contributed by atoms with van der Waals surface area (Å²) >= 11 is 0. The summed E-state index contributed by atoms with van der Waals surface area (Å²) in [6.45, 7) is 2.58. The number of rotatable bonds is 8. The maximum absolute atomic E-state index is 12.3. The lowest BCUT2D eigenvalue weighted by atomic mass is 10.1. The van der Waals surface area contributed by atoms with Crippen LogP contribution in [0.2, 0.25) is 0 Å². The number of esters is 1. The van der Waals surface area contributed by atoms with Crippen LogP contribution in [0.1, 0.15) is 57.3 Å². The fourth-order valence-electron chi connectivity index (χ4n) is 2.88. The Hall–Kier alpha value is -3.15. The molecule has 0 bridgehead atoms. The summed E-state index contributed by atoms with van der Waals surface area (Å²) in [6, 6.07) is 13.5. The van der Waals surface area contributed by atoms with Crippen molar-refractivity contribution in [3.05, 3.63) is 65.2 Å². The van der Waals surface area contributed by atoms with Gasteiger partial charge in [0.1, 0.15) is 0 Å². The number of amides is 2. The molecular weight excluding hydrogens is 344 g/mol. The fourth-order valence-corrected chi connectivity index (χ4v) is 2.88. The summed E-state index contributed by atoms with van der Waals surface area (Å²) in [6.07, 6.45) is 2.97. The maximum Gasteiger partial charge on any atom is 0.338 e. The van der Waals surface area contributed by atoms with Crippen molar-refractivity contribution in [3.8, 4) is 0 Å². The number of imide groups is 1. The Kier molecular flexibility index (Phi) is 5.86. The summed E-state index contributed by atoms with van der Waals surface area (Å²) in [7, 11) is 0. The minimum absolute atomic E-state index is 0.0627. The molecule has 2 aromatic carbocycles. The van der Waals surface area contributed by atoms with Crippen molar-refractivity contribution >= 4 is 23.5 Å². The zero-order valence-corrected chi connectivity index (χ0v) is 15.2. The quantitative estimate of drug-likeness (QED) is 0.438. The second-order valence-electron chi connectivity index (χ2n) is 6.34. The highest BCUT2D eigenvalue weighted by Crippen LogP contribution is 2.22. The van der Waals surface area contributed by atoms with Crippen molar-refractivity contribution in [1.29, 1.82) is 0 Å². The third-order valence-electron chi connectivity index (χ3n) is 4.42. The van der Waals surface area contributed by atoms with Crippen LogP contribution in [0.4, 0.5) is 5.69 Å². The van der Waals surface area contributed by atoms with E-state index in [-0.39, 0.29) is 24.5 Å². The van der Waals surface area contributed by atoms with Crippen molar-refractivity contribution in [2.75, 3.05) is 18.6 Å². The van der Waals surface area contributed by atoms with Gasteiger partial charge in [-0.25, -0.2) is 4.79 Å². The van der Waals surface area contributed by atoms with Crippen molar-refractivity contribution in [2.24, 2.45) is 0 Å². The van der Waals surface area contributed by atoms with Crippen LogP contribution in [-0.4, -0.2) is 36.0 Å². The molecule has 0 saturated carbocycles. The Bertz CT molecular complexity index is 811. The SMILES string of the molecule is CCCCCOC(=O)c1ccc(NCN2C(=O)c3ccccc3C2=O)cc1. The van der Waals surface area contributed by atoms with Crippen LogP contribution in [-0.2, 0) is 4.74 Å². The van der Waals surface area contributed by atoms with Crippen molar-refractivity contribution in [1.82, 2.24) is 4.90 Å². The maximum atomic E-state index is 12.3. The van der Waals surface area contributed by atoms with Crippen molar-refractivity contribution in [3.63, 3.8) is 0 Å². The Morgan fingerprint density at radius 2 is 1.59 bits per heavy atom. The van der Waals surface area contributed by atoms with Gasteiger partial charge >= 0.3 is 5.97 Å². The van der Waals surface area contributed by atoms with E-state index in [4.69, 9.17) is 4.74 Å². The van der Waals surface area contributed by atoms with Gasteiger partial charge in [-0.05, 0) is 42.8 Å². The molecule has 27 heavy (non-hydrogen) atoms. The van der Waals surface area contributed by atoms with Crippen LogP contribution in [0.5, 0.6) is 0 Å². The van der Waals surface area contributed by atoms with Crippen LogP contribution < -0.4 is 5.32 Å². The molecule has 0 saturated heterocycles. The topological polar surface area (TPSA) is 75.7 Å². The van der Waals surface area contributed by atoms with E-state index in [1.54, 1.807) is 48.5 Å². The van der Waals surface area contributed by atoms with E-state index >= 15 is 0 Å². The molecule has 1 aliphatic rings. The molecule has 3 rings (SSSR count). The van der Waals surface area contributed by atoms with Crippen LogP contribution in [0.3, 0.4) is 0 Å². The first-order valence-electron chi connectivity index (χ1n) is 9.08. The van der Waals surface area contributed by atoms with Gasteiger partial charge in [0.05, 0.1) is 30.0 Å². The first kappa shape index (κ1) is 18.6. The normalized spacial score (nSPS) is 12.9. The van der Waals surface area contributed by atoms with E-state index < -0.39 is 0 Å². The van der Waals surface area contributed by atoms with E-state index in [0.29, 0.717) is 29.0 Å². The van der Waals surface area contributed by atoms with Crippen LogP contribution in [0.25, 0.3) is 0 Å². The number of nitrogens with one attached hydrogen (secondary N) is 1. The summed E-state index contributed by atoms with van der Waals surface area (Å²) in [5, 5.41) is 3.04. The largest absolute Gasteiger partial charge is 0.462 e. The molecule has 1 heterocycles. The smallest absolute Gasteiger partial charge is 0.338 e. The lowest BCUT2D eigenvalue weighted by Crippen LogP contribution is -2.34. The number of benzene rings is 2. The standard InChI is InChI=1S/C21H22N2O4/c1-2-3-6-13-27-21(26)15-9-11-16(12-10-15)22-14-23-19(24)17-7-4-5-8-18(17)20(23)25/h4-5,7-12,22H,2-3,6,13-14H2,1H3. The van der Waals surface area contributed by atoms with E-state index in [1.165, 1.54) is 4.90 Å². The molecule has 140 valence electrons. The number of anilines is 1. The number of ether oxygens (including phenoxy) is 1. The van der Waals surface area contributed by atoms with E-state index in [0.717, 1.165) is 19.3 Å². The summed E-state index contributed by atoms with van der Waals surface area (Å²) in [4.78, 5) is 37.8. The predicted molar refractivity (Wildman–Crippen MR) is 102 cm³/mol. The van der Waals surface area contributed by atoms with Gasteiger partial charge in [-0.2, -0.15) is 0 Å². The molecular formula is C21H22N2O4. The minimum Gasteiger partial charge on any atom is -0.462 e. The molecule has 0 fully saturated rings. The molecule has 0 aromatic heterocycles. The number of unbranched alkanes of at least 4 members (excludes halogenated alkanes) is 2. The Morgan fingerprint density at radius 1 is 0.963 bits per heavy atom. The third-order valence-corrected chi connectivity index (χ3v) is 4.42. The minimum atomic E-state index is -0.349. The number of fused-ring (bicyclic) bond motifs is 1. The molecule has 0 atom stereocenters. The van der Waals surface area contributed by atoms with Gasteiger partial charge in [0, 0.05) is 5.69 Å². The lowest BCUT2D eigenvalue weighted by molar-refractivity contribution is 0.0497. The molecule has 6 nitrogen and oxygen atoms in total. The first-order valence-corrected chi connectivity index (χ1v) is 9.08. The molecule has 6 heteroatoms. The highest BCUT2D eigenvalue weighted by Gasteiger charge is 2.34. The van der Waals surface area contributed by atoms with Gasteiger partial charge in [-0.3, -0.25) is 14.5 Å². The number of carbonyl (C=O) groups excluding carboxylic acids is 3. The highest BCUT2D eigenvalue weighted by molar-refractivity contribution is 6.21. The van der Waals surface area contributed by atoms with Gasteiger partial charge in [-0.1, -0.05) is 31.9 Å². The van der Waals surface area contributed by atoms with Crippen molar-refractivity contribution in [2.45, 2.75) is 26.2 Å². The van der Waals surface area contributed by atoms with Gasteiger partial charge in [0.15, 0.2) is 0 Å². The average Bonchev–Trinajstić information content (AvgIpc) is 2.94. The van der Waals surface area contributed by atoms with E-state index in [2.05, 4.69) is 12.2 Å². The number of carbonyl (C=O) groups is 3. The van der Waals surface area contributed by atoms with Crippen LogP contribution in [0.15, 0.2) is 48.5 Å². The molecule has 2 aromatic rings. The first-order chi connectivity index (χ1) is 13.1. The summed E-state index contributed by atoms with van der Waals surface area (Å²) in [5.74, 6) is -0.969. The Balaban J connectivity index is 1.54. The lowest BCUT2D eigenvalue weighted by Gasteiger charge is -2.15. The average molecular weight is 366 g/mol. The van der Waals surface area contributed by atoms with Gasteiger partial charge in [-0.15, -0.1) is 0 Å². The molecule has 1 aliphatic heterocycles. The molecule has 0 radical (unpaired) electrons. The molecule has 0 aliphatic carbocycles. The molecule has 0 unspecified atom stereocenters. The summed E-state index contributed by atoms with van der Waals surface area (Å²) < 4.78 is 5.22. The summed E-state index contributed by atoms with van der Waals surface area (Å²) in [5.41, 5.74) is 2.02. The second-order valence-corrected chi connectivity index (χ2v) is 6.34. The molecule has 1 N–H and O–H groups in total. The zero-order valence-electron chi connectivity index (χ0n) is 15.2. The molecule has 2 amide bonds. The fraction of sp³-hybridized carbons (Fsp3) is 0.286. The monoisotopic (exact) mass is 366 g/mol. The Morgan fingerprint density at radius 3 is 2.19 bits per heavy atom. The number of hydrogen-bond acceptors (Lipinski definition) is 5. The van der Waals surface area contributed by atoms with Gasteiger partial charge < -0.3 is 10.1 Å². The van der Waals surface area contributed by atoms with Crippen molar-refractivity contribution < 1.29 is 19.1 Å². The zero-order chi connectivity index (χ0) is 19.2. The van der Waals surface area contributed by atoms with Gasteiger partial charge in [0.25, 0.3) is 11.8 Å². The third kappa shape index (κ3) is 4.16. The second kappa shape index (κ2) is 8.49. The molecule has 0 spiro atoms. The Labute approximate surface area is 158 Å². The number of nitrogens with zero attached hydrogens (tertiary/aromatic N) is 1. The highest BCUT2D eigenvalue weighted by atomic mass is 16.5. The van der Waals surface area contributed by atoms with Gasteiger partial charge in [0.2, 0.25) is 0 Å². The predicted octanol–water partition coefficient (Wildman–Crippen LogP) is 3.70. The van der Waals surface area contributed by atoms with E-state index in [1.807, 2.05) is 0 Å². The van der Waals surface area contributed by atoms with Crippen LogP contribution >= 0.6 is 0 Å². The number of hydrogen-bond donors (Lipinski definition) is 1.